The van der Waals surface area contributed by atoms with E-state index in [1.165, 1.54) is 7.11 Å². The van der Waals surface area contributed by atoms with Crippen molar-refractivity contribution >= 4 is 39.9 Å². The number of anilines is 1. The summed E-state index contributed by atoms with van der Waals surface area (Å²) in [6.07, 6.45) is -0.608. The van der Waals surface area contributed by atoms with Gasteiger partial charge >= 0.3 is 0 Å². The van der Waals surface area contributed by atoms with Gasteiger partial charge < -0.3 is 15.8 Å². The molecule has 0 aliphatic rings. The highest BCUT2D eigenvalue weighted by atomic mass is 79.9. The van der Waals surface area contributed by atoms with Crippen molar-refractivity contribution in [3.63, 3.8) is 0 Å². The maximum atomic E-state index is 11.7. The molecule has 1 amide bonds. The van der Waals surface area contributed by atoms with Crippen molar-refractivity contribution in [3.8, 4) is 0 Å². The maximum Gasteiger partial charge on any atom is 0.254 e. The van der Waals surface area contributed by atoms with Gasteiger partial charge in [0.2, 0.25) is 0 Å². The summed E-state index contributed by atoms with van der Waals surface area (Å²) in [6, 6.07) is 5.63. The smallest absolute Gasteiger partial charge is 0.254 e. The molecule has 3 N–H and O–H groups in total. The Labute approximate surface area is 115 Å². The van der Waals surface area contributed by atoms with Crippen molar-refractivity contribution in [2.45, 2.75) is 13.0 Å². The van der Waals surface area contributed by atoms with E-state index in [-0.39, 0.29) is 24.9 Å². The molecule has 0 spiro atoms. The molecule has 1 rings (SSSR count). The SMILES string of the molecule is COC(CN)C(=O)Nc1ccc(Br)cc1C.Cl. The molecule has 6 heteroatoms. The highest BCUT2D eigenvalue weighted by Crippen LogP contribution is 2.20. The molecule has 0 aromatic heterocycles. The van der Waals surface area contributed by atoms with Gasteiger partial charge in [-0.05, 0) is 30.7 Å². The number of carbonyl (C=O) groups is 1. The minimum Gasteiger partial charge on any atom is -0.370 e. The molecule has 1 unspecified atom stereocenters. The van der Waals surface area contributed by atoms with Gasteiger partial charge in [0.15, 0.2) is 0 Å². The highest BCUT2D eigenvalue weighted by Gasteiger charge is 2.16. The molecule has 1 aromatic carbocycles. The van der Waals surface area contributed by atoms with E-state index in [4.69, 9.17) is 10.5 Å². The number of methoxy groups -OCH3 is 1. The lowest BCUT2D eigenvalue weighted by molar-refractivity contribution is -0.125. The summed E-state index contributed by atoms with van der Waals surface area (Å²) in [6.45, 7) is 2.09. The molecular weight excluding hydrogens is 307 g/mol. The first-order chi connectivity index (χ1) is 7.58. The Kier molecular flexibility index (Phi) is 7.38. The lowest BCUT2D eigenvalue weighted by Crippen LogP contribution is -2.36. The summed E-state index contributed by atoms with van der Waals surface area (Å²) < 4.78 is 5.93. The largest absolute Gasteiger partial charge is 0.370 e. The number of ether oxygens (including phenoxy) is 1. The van der Waals surface area contributed by atoms with Crippen molar-refractivity contribution in [2.75, 3.05) is 19.0 Å². The van der Waals surface area contributed by atoms with E-state index in [0.29, 0.717) is 0 Å². The summed E-state index contributed by atoms with van der Waals surface area (Å²) in [7, 11) is 1.46. The predicted molar refractivity (Wildman–Crippen MR) is 74.6 cm³/mol. The van der Waals surface area contributed by atoms with Crippen LogP contribution in [0.4, 0.5) is 5.69 Å². The minimum absolute atomic E-state index is 0. The van der Waals surface area contributed by atoms with E-state index in [1.807, 2.05) is 25.1 Å². The van der Waals surface area contributed by atoms with Crippen LogP contribution in [0.3, 0.4) is 0 Å². The van der Waals surface area contributed by atoms with E-state index in [2.05, 4.69) is 21.2 Å². The standard InChI is InChI=1S/C11H15BrN2O2.ClH/c1-7-5-8(12)3-4-9(7)14-11(15)10(6-13)16-2;/h3-5,10H,6,13H2,1-2H3,(H,14,15);1H. The van der Waals surface area contributed by atoms with Gasteiger partial charge in [-0.15, -0.1) is 12.4 Å². The number of carbonyl (C=O) groups excluding carboxylic acids is 1. The Morgan fingerprint density at radius 2 is 2.24 bits per heavy atom. The number of amides is 1. The van der Waals surface area contributed by atoms with E-state index in [1.54, 1.807) is 0 Å². The molecule has 0 heterocycles. The normalized spacial score (nSPS) is 11.5. The molecule has 0 saturated heterocycles. The predicted octanol–water partition coefficient (Wildman–Crippen LogP) is 2.09. The average Bonchev–Trinajstić information content (AvgIpc) is 2.24. The molecular formula is C11H16BrClN2O2. The Balaban J connectivity index is 0.00000256. The molecule has 0 fully saturated rings. The number of nitrogens with two attached hydrogens (primary N) is 1. The number of aryl methyl sites for hydroxylation is 1. The molecule has 1 aromatic rings. The van der Waals surface area contributed by atoms with E-state index in [0.717, 1.165) is 15.7 Å². The number of rotatable bonds is 4. The second-order valence-corrected chi connectivity index (χ2v) is 4.32. The summed E-state index contributed by atoms with van der Waals surface area (Å²) in [5, 5.41) is 2.77. The number of hydrogen-bond acceptors (Lipinski definition) is 3. The average molecular weight is 324 g/mol. The molecule has 4 nitrogen and oxygen atoms in total. The van der Waals surface area contributed by atoms with Crippen LogP contribution in [0.5, 0.6) is 0 Å². The van der Waals surface area contributed by atoms with Gasteiger partial charge in [0.25, 0.3) is 5.91 Å². The fraction of sp³-hybridized carbons (Fsp3) is 0.364. The number of hydrogen-bond donors (Lipinski definition) is 2. The lowest BCUT2D eigenvalue weighted by Gasteiger charge is -2.14. The molecule has 0 aliphatic heterocycles. The zero-order chi connectivity index (χ0) is 12.1. The third-order valence-corrected chi connectivity index (χ3v) is 2.73. The fourth-order valence-corrected chi connectivity index (χ4v) is 1.77. The van der Waals surface area contributed by atoms with Gasteiger partial charge in [0, 0.05) is 23.8 Å². The highest BCUT2D eigenvalue weighted by molar-refractivity contribution is 9.10. The Hall–Kier alpha value is -0.620. The van der Waals surface area contributed by atoms with Crippen LogP contribution >= 0.6 is 28.3 Å². The van der Waals surface area contributed by atoms with Crippen LogP contribution in [-0.4, -0.2) is 25.7 Å². The van der Waals surface area contributed by atoms with Gasteiger partial charge in [-0.1, -0.05) is 15.9 Å². The molecule has 0 saturated carbocycles. The Morgan fingerprint density at radius 3 is 2.71 bits per heavy atom. The quantitative estimate of drug-likeness (QED) is 0.892. The van der Waals surface area contributed by atoms with Gasteiger partial charge in [-0.2, -0.15) is 0 Å². The van der Waals surface area contributed by atoms with Gasteiger partial charge in [-0.3, -0.25) is 4.79 Å². The van der Waals surface area contributed by atoms with Crippen molar-refractivity contribution in [3.05, 3.63) is 28.2 Å². The third-order valence-electron chi connectivity index (χ3n) is 2.24. The van der Waals surface area contributed by atoms with Crippen molar-refractivity contribution < 1.29 is 9.53 Å². The fourth-order valence-electron chi connectivity index (χ4n) is 1.29. The molecule has 0 bridgehead atoms. The van der Waals surface area contributed by atoms with Gasteiger partial charge in [0.05, 0.1) is 0 Å². The Bertz CT molecular complexity index is 384. The van der Waals surface area contributed by atoms with E-state index >= 15 is 0 Å². The molecule has 96 valence electrons. The van der Waals surface area contributed by atoms with E-state index < -0.39 is 6.10 Å². The van der Waals surface area contributed by atoms with Crippen LogP contribution in [0.2, 0.25) is 0 Å². The van der Waals surface area contributed by atoms with E-state index in [9.17, 15) is 4.79 Å². The lowest BCUT2D eigenvalue weighted by atomic mass is 10.2. The van der Waals surface area contributed by atoms with Gasteiger partial charge in [0.1, 0.15) is 6.10 Å². The minimum atomic E-state index is -0.608. The van der Waals surface area contributed by atoms with Crippen LogP contribution in [0.1, 0.15) is 5.56 Å². The first kappa shape index (κ1) is 16.4. The van der Waals surface area contributed by atoms with Crippen LogP contribution < -0.4 is 11.1 Å². The number of benzene rings is 1. The third kappa shape index (κ3) is 4.63. The molecule has 0 radical (unpaired) electrons. The number of nitrogens with one attached hydrogen (secondary N) is 1. The summed E-state index contributed by atoms with van der Waals surface area (Å²) in [5.41, 5.74) is 7.16. The maximum absolute atomic E-state index is 11.7. The summed E-state index contributed by atoms with van der Waals surface area (Å²) in [4.78, 5) is 11.7. The van der Waals surface area contributed by atoms with Crippen molar-refractivity contribution in [1.82, 2.24) is 0 Å². The molecule has 0 aliphatic carbocycles. The van der Waals surface area contributed by atoms with Crippen molar-refractivity contribution in [2.24, 2.45) is 5.73 Å². The topological polar surface area (TPSA) is 64.3 Å². The van der Waals surface area contributed by atoms with Crippen LogP contribution in [0.25, 0.3) is 0 Å². The van der Waals surface area contributed by atoms with Crippen molar-refractivity contribution in [1.29, 1.82) is 0 Å². The number of halogens is 2. The summed E-state index contributed by atoms with van der Waals surface area (Å²) >= 11 is 3.36. The Morgan fingerprint density at radius 1 is 1.59 bits per heavy atom. The zero-order valence-electron chi connectivity index (χ0n) is 9.70. The van der Waals surface area contributed by atoms with Crippen LogP contribution in [0.15, 0.2) is 22.7 Å². The second kappa shape index (κ2) is 7.66. The van der Waals surface area contributed by atoms with Crippen LogP contribution in [0, 0.1) is 6.92 Å². The van der Waals surface area contributed by atoms with Gasteiger partial charge in [-0.25, -0.2) is 0 Å². The summed E-state index contributed by atoms with van der Waals surface area (Å²) in [5.74, 6) is -0.226. The molecule has 1 atom stereocenters. The first-order valence-corrected chi connectivity index (χ1v) is 5.67. The zero-order valence-corrected chi connectivity index (χ0v) is 12.1. The first-order valence-electron chi connectivity index (χ1n) is 4.88. The monoisotopic (exact) mass is 322 g/mol. The molecule has 17 heavy (non-hydrogen) atoms. The van der Waals surface area contributed by atoms with Crippen LogP contribution in [-0.2, 0) is 9.53 Å². The second-order valence-electron chi connectivity index (χ2n) is 3.41.